The molecule has 0 aromatic heterocycles. The highest BCUT2D eigenvalue weighted by atomic mass is 19.1. The van der Waals surface area contributed by atoms with E-state index in [1.165, 1.54) is 37.3 Å². The van der Waals surface area contributed by atoms with Crippen LogP contribution in [0.25, 0.3) is 0 Å². The maximum atomic E-state index is 14.2. The largest absolute Gasteiger partial charge is 0.465 e. The first-order valence-corrected chi connectivity index (χ1v) is 8.74. The van der Waals surface area contributed by atoms with Crippen LogP contribution < -0.4 is 9.80 Å². The first-order chi connectivity index (χ1) is 13.6. The third-order valence-corrected chi connectivity index (χ3v) is 4.44. The van der Waals surface area contributed by atoms with Crippen LogP contribution in [0, 0.1) is 5.82 Å². The lowest BCUT2D eigenvalue weighted by molar-refractivity contribution is -0.139. The number of carbonyl (C=O) groups excluding carboxylic acids is 2. The van der Waals surface area contributed by atoms with E-state index in [9.17, 15) is 14.0 Å². The van der Waals surface area contributed by atoms with E-state index in [4.69, 9.17) is 14.2 Å². The zero-order valence-electron chi connectivity index (χ0n) is 15.7. The number of halogens is 1. The summed E-state index contributed by atoms with van der Waals surface area (Å²) in [6, 6.07) is 4.32. The van der Waals surface area contributed by atoms with Gasteiger partial charge >= 0.3 is 11.9 Å². The van der Waals surface area contributed by atoms with Crippen LogP contribution in [-0.2, 0) is 23.8 Å². The SMILES string of the molecule is COC(=O)C1=C(C(=O)OC)N(c2cc(F)ccc2N2CCOCC2)C=CC=C1. The topological polar surface area (TPSA) is 68.3 Å². The Morgan fingerprint density at radius 3 is 2.43 bits per heavy atom. The quantitative estimate of drug-likeness (QED) is 0.732. The number of hydrogen-bond acceptors (Lipinski definition) is 7. The number of esters is 2. The molecule has 2 aliphatic rings. The van der Waals surface area contributed by atoms with Crippen LogP contribution in [0.1, 0.15) is 0 Å². The molecule has 0 amide bonds. The van der Waals surface area contributed by atoms with Gasteiger partial charge in [-0.1, -0.05) is 6.08 Å². The smallest absolute Gasteiger partial charge is 0.355 e. The van der Waals surface area contributed by atoms with Gasteiger partial charge in [0.2, 0.25) is 0 Å². The molecule has 0 aliphatic carbocycles. The molecule has 1 aromatic carbocycles. The normalized spacial score (nSPS) is 16.8. The van der Waals surface area contributed by atoms with Crippen LogP contribution in [-0.4, -0.2) is 52.5 Å². The first-order valence-electron chi connectivity index (χ1n) is 8.74. The number of rotatable bonds is 4. The second-order valence-corrected chi connectivity index (χ2v) is 6.05. The second kappa shape index (κ2) is 8.71. The Labute approximate surface area is 162 Å². The zero-order valence-corrected chi connectivity index (χ0v) is 15.7. The minimum Gasteiger partial charge on any atom is -0.465 e. The van der Waals surface area contributed by atoms with Crippen molar-refractivity contribution in [3.8, 4) is 0 Å². The molecule has 0 radical (unpaired) electrons. The summed E-state index contributed by atoms with van der Waals surface area (Å²) in [4.78, 5) is 28.4. The predicted molar refractivity (Wildman–Crippen MR) is 101 cm³/mol. The molecule has 0 bridgehead atoms. The number of nitrogens with zero attached hydrogens (tertiary/aromatic N) is 2. The van der Waals surface area contributed by atoms with Gasteiger partial charge in [-0.2, -0.15) is 0 Å². The lowest BCUT2D eigenvalue weighted by atomic mass is 10.1. The molecule has 2 heterocycles. The van der Waals surface area contributed by atoms with Crippen LogP contribution in [0.5, 0.6) is 0 Å². The summed E-state index contributed by atoms with van der Waals surface area (Å²) < 4.78 is 29.3. The summed E-state index contributed by atoms with van der Waals surface area (Å²) in [5, 5.41) is 0. The van der Waals surface area contributed by atoms with E-state index in [-0.39, 0.29) is 11.3 Å². The molecule has 0 spiro atoms. The highest BCUT2D eigenvalue weighted by molar-refractivity contribution is 6.06. The summed E-state index contributed by atoms with van der Waals surface area (Å²) in [6.07, 6.45) is 6.29. The van der Waals surface area contributed by atoms with E-state index in [2.05, 4.69) is 0 Å². The van der Waals surface area contributed by atoms with Crippen molar-refractivity contribution in [1.29, 1.82) is 0 Å². The van der Waals surface area contributed by atoms with E-state index < -0.39 is 17.8 Å². The van der Waals surface area contributed by atoms with Gasteiger partial charge in [0.1, 0.15) is 11.5 Å². The first kappa shape index (κ1) is 19.6. The van der Waals surface area contributed by atoms with Crippen LogP contribution in [0.4, 0.5) is 15.8 Å². The number of morpholine rings is 1. The maximum absolute atomic E-state index is 14.2. The van der Waals surface area contributed by atoms with Gasteiger partial charge in [-0.05, 0) is 30.4 Å². The molecule has 148 valence electrons. The highest BCUT2D eigenvalue weighted by Crippen LogP contribution is 2.35. The second-order valence-electron chi connectivity index (χ2n) is 6.05. The van der Waals surface area contributed by atoms with E-state index in [0.29, 0.717) is 37.7 Å². The summed E-state index contributed by atoms with van der Waals surface area (Å²) in [5.41, 5.74) is 1.07. The molecule has 0 N–H and O–H groups in total. The Hall–Kier alpha value is -3.13. The molecule has 28 heavy (non-hydrogen) atoms. The highest BCUT2D eigenvalue weighted by Gasteiger charge is 2.30. The standard InChI is InChI=1S/C20H21FN2O5/c1-26-19(24)15-5-3-4-8-23(18(15)20(25)27-2)17-13-14(21)6-7-16(17)22-9-11-28-12-10-22/h3-8,13H,9-12H2,1-2H3. The molecule has 8 heteroatoms. The number of carbonyl (C=O) groups is 2. The van der Waals surface area contributed by atoms with Gasteiger partial charge < -0.3 is 24.0 Å². The van der Waals surface area contributed by atoms with Crippen LogP contribution >= 0.6 is 0 Å². The van der Waals surface area contributed by atoms with Gasteiger partial charge in [0.25, 0.3) is 0 Å². The van der Waals surface area contributed by atoms with Crippen molar-refractivity contribution in [3.05, 3.63) is 59.7 Å². The average Bonchev–Trinajstić information content (AvgIpc) is 2.96. The average molecular weight is 388 g/mol. The minimum atomic E-state index is -0.742. The summed E-state index contributed by atoms with van der Waals surface area (Å²) in [7, 11) is 2.44. The third-order valence-electron chi connectivity index (χ3n) is 4.44. The Kier molecular flexibility index (Phi) is 6.10. The van der Waals surface area contributed by atoms with Gasteiger partial charge in [-0.25, -0.2) is 14.0 Å². The lowest BCUT2D eigenvalue weighted by Crippen LogP contribution is -2.37. The fraction of sp³-hybridized carbons (Fsp3) is 0.300. The van der Waals surface area contributed by atoms with Gasteiger partial charge in [0, 0.05) is 19.3 Å². The van der Waals surface area contributed by atoms with Crippen molar-refractivity contribution in [2.75, 3.05) is 50.3 Å². The number of ether oxygens (including phenoxy) is 3. The van der Waals surface area contributed by atoms with E-state index >= 15 is 0 Å². The Morgan fingerprint density at radius 2 is 1.75 bits per heavy atom. The van der Waals surface area contributed by atoms with Crippen molar-refractivity contribution < 1.29 is 28.2 Å². The van der Waals surface area contributed by atoms with Crippen molar-refractivity contribution in [2.24, 2.45) is 0 Å². The molecule has 0 atom stereocenters. The minimum absolute atomic E-state index is 0.0107. The third kappa shape index (κ3) is 3.91. The summed E-state index contributed by atoms with van der Waals surface area (Å²) in [5.74, 6) is -1.91. The van der Waals surface area contributed by atoms with Crippen molar-refractivity contribution in [2.45, 2.75) is 0 Å². The van der Waals surface area contributed by atoms with E-state index in [1.807, 2.05) is 4.90 Å². The van der Waals surface area contributed by atoms with Crippen LogP contribution in [0.2, 0.25) is 0 Å². The van der Waals surface area contributed by atoms with E-state index in [1.54, 1.807) is 24.4 Å². The molecule has 0 unspecified atom stereocenters. The Morgan fingerprint density at radius 1 is 1.04 bits per heavy atom. The fourth-order valence-electron chi connectivity index (χ4n) is 3.11. The van der Waals surface area contributed by atoms with Crippen molar-refractivity contribution in [3.63, 3.8) is 0 Å². The number of benzene rings is 1. The van der Waals surface area contributed by atoms with E-state index in [0.717, 1.165) is 0 Å². The fourth-order valence-corrected chi connectivity index (χ4v) is 3.11. The molecule has 1 aromatic rings. The predicted octanol–water partition coefficient (Wildman–Crippen LogP) is 2.15. The molecule has 3 rings (SSSR count). The lowest BCUT2D eigenvalue weighted by Gasteiger charge is -2.33. The van der Waals surface area contributed by atoms with Crippen LogP contribution in [0.15, 0.2) is 53.9 Å². The molecule has 0 saturated carbocycles. The van der Waals surface area contributed by atoms with Crippen molar-refractivity contribution in [1.82, 2.24) is 0 Å². The Bertz CT molecular complexity index is 856. The Balaban J connectivity index is 2.18. The molecular formula is C20H21FN2O5. The maximum Gasteiger partial charge on any atom is 0.355 e. The number of hydrogen-bond donors (Lipinski definition) is 0. The molecule has 7 nitrogen and oxygen atoms in total. The molecule has 1 fully saturated rings. The molecular weight excluding hydrogens is 367 g/mol. The number of methoxy groups -OCH3 is 2. The number of anilines is 2. The molecule has 1 saturated heterocycles. The van der Waals surface area contributed by atoms with Gasteiger partial charge in [0.15, 0.2) is 0 Å². The summed E-state index contributed by atoms with van der Waals surface area (Å²) >= 11 is 0. The molecule has 2 aliphatic heterocycles. The van der Waals surface area contributed by atoms with Crippen LogP contribution in [0.3, 0.4) is 0 Å². The van der Waals surface area contributed by atoms with Gasteiger partial charge in [0.05, 0.1) is 44.4 Å². The summed E-state index contributed by atoms with van der Waals surface area (Å²) in [6.45, 7) is 2.33. The van der Waals surface area contributed by atoms with Crippen molar-refractivity contribution >= 4 is 23.3 Å². The van der Waals surface area contributed by atoms with Gasteiger partial charge in [-0.15, -0.1) is 0 Å². The zero-order chi connectivity index (χ0) is 20.1. The van der Waals surface area contributed by atoms with Gasteiger partial charge in [-0.3, -0.25) is 0 Å². The monoisotopic (exact) mass is 388 g/mol. The number of allylic oxidation sites excluding steroid dienone is 2.